The van der Waals surface area contributed by atoms with Crippen molar-refractivity contribution in [2.45, 2.75) is 11.8 Å². The van der Waals surface area contributed by atoms with Gasteiger partial charge in [-0.25, -0.2) is 8.42 Å². The van der Waals surface area contributed by atoms with E-state index in [0.29, 0.717) is 11.5 Å². The second-order valence-corrected chi connectivity index (χ2v) is 7.28. The van der Waals surface area contributed by atoms with Crippen LogP contribution >= 0.6 is 0 Å². The highest BCUT2D eigenvalue weighted by atomic mass is 32.2. The maximum atomic E-state index is 12.4. The fourth-order valence-electron chi connectivity index (χ4n) is 2.53. The minimum absolute atomic E-state index is 0.132. The lowest BCUT2D eigenvalue weighted by atomic mass is 10.1. The van der Waals surface area contributed by atoms with Crippen molar-refractivity contribution in [1.29, 1.82) is 0 Å². The van der Waals surface area contributed by atoms with Crippen LogP contribution in [0.1, 0.15) is 5.76 Å². The summed E-state index contributed by atoms with van der Waals surface area (Å²) >= 11 is 0. The third-order valence-electron chi connectivity index (χ3n) is 3.74. The van der Waals surface area contributed by atoms with Gasteiger partial charge in [-0.05, 0) is 43.3 Å². The van der Waals surface area contributed by atoms with Crippen molar-refractivity contribution in [2.75, 3.05) is 4.72 Å². The Morgan fingerprint density at radius 1 is 1.00 bits per heavy atom. The second kappa shape index (κ2) is 5.78. The van der Waals surface area contributed by atoms with Crippen LogP contribution in [-0.4, -0.2) is 13.6 Å². The van der Waals surface area contributed by atoms with Gasteiger partial charge < -0.3 is 8.94 Å². The van der Waals surface area contributed by atoms with Crippen LogP contribution in [0.2, 0.25) is 0 Å². The van der Waals surface area contributed by atoms with Gasteiger partial charge in [0, 0.05) is 17.0 Å². The Bertz CT molecular complexity index is 1110. The lowest BCUT2D eigenvalue weighted by molar-refractivity contribution is 0.400. The molecule has 0 atom stereocenters. The average molecular weight is 354 g/mol. The number of rotatable bonds is 4. The number of anilines is 1. The van der Waals surface area contributed by atoms with Crippen LogP contribution < -0.4 is 4.72 Å². The monoisotopic (exact) mass is 354 g/mol. The molecule has 2 aromatic heterocycles. The SMILES string of the molecule is Cc1cc(NS(=O)(=O)c2ccc(-c3cc4ccccc4o3)cc2)no1. The van der Waals surface area contributed by atoms with Gasteiger partial charge in [0.25, 0.3) is 10.0 Å². The summed E-state index contributed by atoms with van der Waals surface area (Å²) in [5.74, 6) is 1.36. The van der Waals surface area contributed by atoms with Gasteiger partial charge in [-0.3, -0.25) is 4.72 Å². The molecule has 0 spiro atoms. The minimum Gasteiger partial charge on any atom is -0.456 e. The summed E-state index contributed by atoms with van der Waals surface area (Å²) in [5, 5.41) is 4.63. The predicted molar refractivity (Wildman–Crippen MR) is 93.7 cm³/mol. The maximum absolute atomic E-state index is 12.4. The number of sulfonamides is 1. The number of benzene rings is 2. The lowest BCUT2D eigenvalue weighted by Crippen LogP contribution is -2.12. The molecule has 0 fully saturated rings. The number of nitrogens with zero attached hydrogens (tertiary/aromatic N) is 1. The highest BCUT2D eigenvalue weighted by Gasteiger charge is 2.16. The fraction of sp³-hybridized carbons (Fsp3) is 0.0556. The summed E-state index contributed by atoms with van der Waals surface area (Å²) in [6, 6.07) is 17.6. The van der Waals surface area contributed by atoms with Crippen molar-refractivity contribution < 1.29 is 17.4 Å². The molecule has 7 heteroatoms. The number of furan rings is 1. The van der Waals surface area contributed by atoms with E-state index in [1.807, 2.05) is 30.3 Å². The van der Waals surface area contributed by atoms with Crippen molar-refractivity contribution in [3.05, 3.63) is 66.4 Å². The van der Waals surface area contributed by atoms with Crippen LogP contribution in [-0.2, 0) is 10.0 Å². The molecular weight excluding hydrogens is 340 g/mol. The molecule has 126 valence electrons. The van der Waals surface area contributed by atoms with Gasteiger partial charge in [-0.2, -0.15) is 0 Å². The highest BCUT2D eigenvalue weighted by Crippen LogP contribution is 2.28. The van der Waals surface area contributed by atoms with E-state index in [4.69, 9.17) is 8.94 Å². The van der Waals surface area contributed by atoms with E-state index < -0.39 is 10.0 Å². The Kier molecular flexibility index (Phi) is 3.58. The molecule has 0 saturated carbocycles. The molecule has 2 aromatic carbocycles. The van der Waals surface area contributed by atoms with E-state index in [-0.39, 0.29) is 10.7 Å². The summed E-state index contributed by atoms with van der Waals surface area (Å²) < 4.78 is 37.8. The Labute approximate surface area is 144 Å². The highest BCUT2D eigenvalue weighted by molar-refractivity contribution is 7.92. The Morgan fingerprint density at radius 2 is 1.76 bits per heavy atom. The van der Waals surface area contributed by atoms with Crippen molar-refractivity contribution in [1.82, 2.24) is 5.16 Å². The van der Waals surface area contributed by atoms with E-state index in [9.17, 15) is 8.42 Å². The van der Waals surface area contributed by atoms with Crippen molar-refractivity contribution in [3.63, 3.8) is 0 Å². The molecule has 0 aliphatic carbocycles. The van der Waals surface area contributed by atoms with Gasteiger partial charge >= 0.3 is 0 Å². The first-order chi connectivity index (χ1) is 12.0. The topological polar surface area (TPSA) is 85.3 Å². The summed E-state index contributed by atoms with van der Waals surface area (Å²) in [7, 11) is -3.73. The third-order valence-corrected chi connectivity index (χ3v) is 5.11. The first-order valence-corrected chi connectivity index (χ1v) is 9.05. The normalized spacial score (nSPS) is 11.7. The molecule has 0 unspecified atom stereocenters. The number of aryl methyl sites for hydroxylation is 1. The lowest BCUT2D eigenvalue weighted by Gasteiger charge is -2.05. The van der Waals surface area contributed by atoms with Crippen molar-refractivity contribution in [3.8, 4) is 11.3 Å². The number of fused-ring (bicyclic) bond motifs is 1. The predicted octanol–water partition coefficient (Wildman–Crippen LogP) is 4.20. The first-order valence-electron chi connectivity index (χ1n) is 7.56. The molecule has 1 N–H and O–H groups in total. The summed E-state index contributed by atoms with van der Waals surface area (Å²) in [6.45, 7) is 1.69. The zero-order valence-electron chi connectivity index (χ0n) is 13.3. The zero-order valence-corrected chi connectivity index (χ0v) is 14.1. The van der Waals surface area contributed by atoms with E-state index in [0.717, 1.165) is 16.5 Å². The number of aromatic nitrogens is 1. The molecule has 0 aliphatic rings. The number of hydrogen-bond acceptors (Lipinski definition) is 5. The van der Waals surface area contributed by atoms with Crippen LogP contribution in [0.5, 0.6) is 0 Å². The summed E-state index contributed by atoms with van der Waals surface area (Å²) in [4.78, 5) is 0.132. The average Bonchev–Trinajstić information content (AvgIpc) is 3.20. The molecule has 25 heavy (non-hydrogen) atoms. The number of hydrogen-bond donors (Lipinski definition) is 1. The van der Waals surface area contributed by atoms with Crippen LogP contribution in [0.25, 0.3) is 22.3 Å². The molecule has 6 nitrogen and oxygen atoms in total. The molecule has 4 aromatic rings. The molecule has 4 rings (SSSR count). The van der Waals surface area contributed by atoms with E-state index in [2.05, 4.69) is 9.88 Å². The molecule has 0 bridgehead atoms. The van der Waals surface area contributed by atoms with Gasteiger partial charge in [0.2, 0.25) is 0 Å². The first kappa shape index (κ1) is 15.5. The molecule has 0 aliphatic heterocycles. The summed E-state index contributed by atoms with van der Waals surface area (Å²) in [6.07, 6.45) is 0. The van der Waals surface area contributed by atoms with Crippen molar-refractivity contribution >= 4 is 26.8 Å². The minimum atomic E-state index is -3.73. The largest absolute Gasteiger partial charge is 0.456 e. The zero-order chi connectivity index (χ0) is 17.4. The maximum Gasteiger partial charge on any atom is 0.263 e. The van der Waals surface area contributed by atoms with Crippen LogP contribution in [0.4, 0.5) is 5.82 Å². The smallest absolute Gasteiger partial charge is 0.263 e. The fourth-order valence-corrected chi connectivity index (χ4v) is 3.52. The molecule has 0 amide bonds. The van der Waals surface area contributed by atoms with Crippen molar-refractivity contribution in [2.24, 2.45) is 0 Å². The van der Waals surface area contributed by atoms with Crippen LogP contribution in [0.15, 0.2) is 74.5 Å². The Morgan fingerprint density at radius 3 is 2.44 bits per heavy atom. The quantitative estimate of drug-likeness (QED) is 0.594. The van der Waals surface area contributed by atoms with Crippen LogP contribution in [0.3, 0.4) is 0 Å². The number of nitrogens with one attached hydrogen (secondary N) is 1. The van der Waals surface area contributed by atoms with E-state index >= 15 is 0 Å². The van der Waals surface area contributed by atoms with Gasteiger partial charge in [-0.15, -0.1) is 0 Å². The van der Waals surface area contributed by atoms with Crippen LogP contribution in [0, 0.1) is 6.92 Å². The van der Waals surface area contributed by atoms with Gasteiger partial charge in [0.1, 0.15) is 17.1 Å². The number of para-hydroxylation sites is 1. The molecular formula is C18H14N2O4S. The van der Waals surface area contributed by atoms with E-state index in [1.54, 1.807) is 19.1 Å². The molecule has 2 heterocycles. The Hall–Kier alpha value is -3.06. The molecule has 0 saturated heterocycles. The third kappa shape index (κ3) is 3.01. The molecule has 0 radical (unpaired) electrons. The van der Waals surface area contributed by atoms with Gasteiger partial charge in [-0.1, -0.05) is 23.4 Å². The van der Waals surface area contributed by atoms with E-state index in [1.165, 1.54) is 18.2 Å². The standard InChI is InChI=1S/C18H14N2O4S/c1-12-10-18(19-24-12)20-25(21,22)15-8-6-13(7-9-15)17-11-14-4-2-3-5-16(14)23-17/h2-11H,1H3,(H,19,20). The second-order valence-electron chi connectivity index (χ2n) is 5.60. The Balaban J connectivity index is 1.62. The van der Waals surface area contributed by atoms with Gasteiger partial charge in [0.05, 0.1) is 4.90 Å². The summed E-state index contributed by atoms with van der Waals surface area (Å²) in [5.41, 5.74) is 1.59. The van der Waals surface area contributed by atoms with Gasteiger partial charge in [0.15, 0.2) is 5.82 Å².